The van der Waals surface area contributed by atoms with Crippen LogP contribution in [0.15, 0.2) is 41.2 Å². The van der Waals surface area contributed by atoms with E-state index in [4.69, 9.17) is 4.52 Å². The van der Waals surface area contributed by atoms with Gasteiger partial charge in [0.05, 0.1) is 0 Å². The Hall–Kier alpha value is -2.76. The largest absolute Gasteiger partial charge is 0.370 e. The number of nitrogens with zero attached hydrogens (tertiary/aromatic N) is 4. The van der Waals surface area contributed by atoms with Crippen LogP contribution in [0.2, 0.25) is 0 Å². The van der Waals surface area contributed by atoms with Gasteiger partial charge in [-0.1, -0.05) is 11.2 Å². The Bertz CT molecular complexity index is 751. The molecule has 0 aliphatic carbocycles. The Morgan fingerprint density at radius 1 is 1.14 bits per heavy atom. The van der Waals surface area contributed by atoms with Crippen LogP contribution in [0.25, 0.3) is 11.5 Å². The van der Waals surface area contributed by atoms with Crippen LogP contribution in [0.1, 0.15) is 17.1 Å². The molecule has 6 nitrogen and oxygen atoms in total. The number of hydrogen-bond acceptors (Lipinski definition) is 6. The molecule has 0 saturated carbocycles. The molecule has 0 spiro atoms. The highest BCUT2D eigenvalue weighted by Crippen LogP contribution is 2.19. The van der Waals surface area contributed by atoms with E-state index in [9.17, 15) is 0 Å². The van der Waals surface area contributed by atoms with E-state index >= 15 is 0 Å². The van der Waals surface area contributed by atoms with Gasteiger partial charge < -0.3 is 9.84 Å². The lowest BCUT2D eigenvalue weighted by molar-refractivity contribution is 0.425. The molecule has 0 unspecified atom stereocenters. The molecule has 0 radical (unpaired) electrons. The summed E-state index contributed by atoms with van der Waals surface area (Å²) in [7, 11) is 0. The van der Waals surface area contributed by atoms with Gasteiger partial charge in [0.1, 0.15) is 5.82 Å². The Morgan fingerprint density at radius 2 is 2.05 bits per heavy atom. The SMILES string of the molecule is Cc1ccc(CCNc2cc(-c3nc(C)no3)ccn2)cn1. The third-order valence-electron chi connectivity index (χ3n) is 3.23. The standard InChI is InChI=1S/C16H17N5O/c1-11-3-4-13(10-19-11)5-7-17-15-9-14(6-8-18-15)16-20-12(2)21-22-16/h3-4,6,8-10H,5,7H2,1-2H3,(H,17,18). The summed E-state index contributed by atoms with van der Waals surface area (Å²) in [5.74, 6) is 1.91. The molecule has 1 N–H and O–H groups in total. The molecule has 22 heavy (non-hydrogen) atoms. The van der Waals surface area contributed by atoms with Gasteiger partial charge in [0, 0.05) is 30.2 Å². The van der Waals surface area contributed by atoms with Crippen molar-refractivity contribution in [2.45, 2.75) is 20.3 Å². The van der Waals surface area contributed by atoms with E-state index in [1.807, 2.05) is 31.3 Å². The van der Waals surface area contributed by atoms with E-state index in [0.717, 1.165) is 30.0 Å². The van der Waals surface area contributed by atoms with Crippen molar-refractivity contribution in [2.75, 3.05) is 11.9 Å². The molecule has 0 bridgehead atoms. The van der Waals surface area contributed by atoms with Crippen molar-refractivity contribution in [1.29, 1.82) is 0 Å². The van der Waals surface area contributed by atoms with Crippen molar-refractivity contribution in [3.8, 4) is 11.5 Å². The van der Waals surface area contributed by atoms with E-state index < -0.39 is 0 Å². The van der Waals surface area contributed by atoms with Gasteiger partial charge in [0.15, 0.2) is 5.82 Å². The van der Waals surface area contributed by atoms with E-state index in [0.29, 0.717) is 11.7 Å². The van der Waals surface area contributed by atoms with Gasteiger partial charge in [0.2, 0.25) is 0 Å². The number of nitrogens with one attached hydrogen (secondary N) is 1. The maximum Gasteiger partial charge on any atom is 0.258 e. The summed E-state index contributed by atoms with van der Waals surface area (Å²) in [5, 5.41) is 7.09. The van der Waals surface area contributed by atoms with Crippen LogP contribution in [0.5, 0.6) is 0 Å². The maximum atomic E-state index is 5.17. The molecule has 0 aliphatic heterocycles. The highest BCUT2D eigenvalue weighted by atomic mass is 16.5. The van der Waals surface area contributed by atoms with E-state index in [1.54, 1.807) is 13.1 Å². The highest BCUT2D eigenvalue weighted by Gasteiger charge is 2.07. The zero-order chi connectivity index (χ0) is 15.4. The highest BCUT2D eigenvalue weighted by molar-refractivity contribution is 5.57. The second kappa shape index (κ2) is 6.34. The molecule has 6 heteroatoms. The van der Waals surface area contributed by atoms with E-state index in [-0.39, 0.29) is 0 Å². The monoisotopic (exact) mass is 295 g/mol. The fourth-order valence-electron chi connectivity index (χ4n) is 2.06. The second-order valence-electron chi connectivity index (χ2n) is 5.06. The van der Waals surface area contributed by atoms with Crippen molar-refractivity contribution < 1.29 is 4.52 Å². The average Bonchev–Trinajstić information content (AvgIpc) is 2.96. The average molecular weight is 295 g/mol. The van der Waals surface area contributed by atoms with Gasteiger partial charge in [-0.05, 0) is 44.0 Å². The molecule has 0 atom stereocenters. The molecule has 3 rings (SSSR count). The first-order valence-electron chi connectivity index (χ1n) is 7.13. The molecular weight excluding hydrogens is 278 g/mol. The molecule has 3 aromatic heterocycles. The molecule has 0 aromatic carbocycles. The normalized spacial score (nSPS) is 10.6. The Kier molecular flexibility index (Phi) is 4.09. The first-order valence-corrected chi connectivity index (χ1v) is 7.13. The fraction of sp³-hybridized carbons (Fsp3) is 0.250. The van der Waals surface area contributed by atoms with E-state index in [1.165, 1.54) is 5.56 Å². The van der Waals surface area contributed by atoms with Crippen LogP contribution in [-0.4, -0.2) is 26.7 Å². The van der Waals surface area contributed by atoms with Crippen LogP contribution >= 0.6 is 0 Å². The molecule has 0 saturated heterocycles. The first-order chi connectivity index (χ1) is 10.7. The minimum Gasteiger partial charge on any atom is -0.370 e. The number of anilines is 1. The van der Waals surface area contributed by atoms with Gasteiger partial charge in [0.25, 0.3) is 5.89 Å². The van der Waals surface area contributed by atoms with Crippen molar-refractivity contribution in [3.63, 3.8) is 0 Å². The summed E-state index contributed by atoms with van der Waals surface area (Å²) >= 11 is 0. The molecule has 0 fully saturated rings. The predicted octanol–water partition coefficient (Wildman–Crippen LogP) is 2.80. The first kappa shape index (κ1) is 14.2. The molecule has 3 heterocycles. The Labute approximate surface area is 128 Å². The number of aryl methyl sites for hydroxylation is 2. The van der Waals surface area contributed by atoms with Crippen LogP contribution < -0.4 is 5.32 Å². The predicted molar refractivity (Wildman–Crippen MR) is 83.4 cm³/mol. The lowest BCUT2D eigenvalue weighted by Crippen LogP contribution is -2.06. The van der Waals surface area contributed by atoms with Gasteiger partial charge in [-0.2, -0.15) is 4.98 Å². The van der Waals surface area contributed by atoms with Crippen molar-refractivity contribution >= 4 is 5.82 Å². The zero-order valence-corrected chi connectivity index (χ0v) is 12.6. The van der Waals surface area contributed by atoms with Gasteiger partial charge >= 0.3 is 0 Å². The molecular formula is C16H17N5O. The Balaban J connectivity index is 1.62. The van der Waals surface area contributed by atoms with Crippen LogP contribution in [0.4, 0.5) is 5.82 Å². The number of pyridine rings is 2. The lowest BCUT2D eigenvalue weighted by Gasteiger charge is -2.06. The van der Waals surface area contributed by atoms with Gasteiger partial charge in [-0.3, -0.25) is 4.98 Å². The van der Waals surface area contributed by atoms with Crippen molar-refractivity contribution in [1.82, 2.24) is 20.1 Å². The van der Waals surface area contributed by atoms with Gasteiger partial charge in [-0.15, -0.1) is 0 Å². The van der Waals surface area contributed by atoms with E-state index in [2.05, 4.69) is 31.5 Å². The number of hydrogen-bond donors (Lipinski definition) is 1. The second-order valence-corrected chi connectivity index (χ2v) is 5.06. The summed E-state index contributed by atoms with van der Waals surface area (Å²) < 4.78 is 5.17. The van der Waals surface area contributed by atoms with Crippen molar-refractivity contribution in [2.24, 2.45) is 0 Å². The van der Waals surface area contributed by atoms with Gasteiger partial charge in [-0.25, -0.2) is 4.98 Å². The number of rotatable bonds is 5. The van der Waals surface area contributed by atoms with Crippen LogP contribution in [-0.2, 0) is 6.42 Å². The molecule has 112 valence electrons. The quantitative estimate of drug-likeness (QED) is 0.780. The third kappa shape index (κ3) is 3.46. The topological polar surface area (TPSA) is 76.7 Å². The van der Waals surface area contributed by atoms with Crippen LogP contribution in [0, 0.1) is 13.8 Å². The molecule has 0 aliphatic rings. The third-order valence-corrected chi connectivity index (χ3v) is 3.23. The zero-order valence-electron chi connectivity index (χ0n) is 12.6. The summed E-state index contributed by atoms with van der Waals surface area (Å²) in [4.78, 5) is 12.8. The lowest BCUT2D eigenvalue weighted by atomic mass is 10.2. The fourth-order valence-corrected chi connectivity index (χ4v) is 2.06. The summed E-state index contributed by atoms with van der Waals surface area (Å²) in [6.45, 7) is 4.56. The minimum absolute atomic E-state index is 0.505. The molecule has 0 amide bonds. The van der Waals surface area contributed by atoms with Crippen molar-refractivity contribution in [3.05, 3.63) is 53.7 Å². The summed E-state index contributed by atoms with van der Waals surface area (Å²) in [6, 6.07) is 7.86. The summed E-state index contributed by atoms with van der Waals surface area (Å²) in [6.07, 6.45) is 4.52. The smallest absolute Gasteiger partial charge is 0.258 e. The Morgan fingerprint density at radius 3 is 2.77 bits per heavy atom. The minimum atomic E-state index is 0.505. The summed E-state index contributed by atoms with van der Waals surface area (Å²) in [5.41, 5.74) is 3.08. The molecule has 3 aromatic rings. The maximum absolute atomic E-state index is 5.17. The van der Waals surface area contributed by atoms with Crippen LogP contribution in [0.3, 0.4) is 0 Å². The number of aromatic nitrogens is 4.